The fourth-order valence-electron chi connectivity index (χ4n) is 10.2. The maximum Gasteiger partial charge on any atom is 0.187 e. The van der Waals surface area contributed by atoms with Gasteiger partial charge in [0.15, 0.2) is 23.2 Å². The van der Waals surface area contributed by atoms with E-state index in [9.17, 15) is 5.26 Å². The molecule has 13 rings (SSSR count). The zero-order valence-corrected chi connectivity index (χ0v) is 38.6. The predicted molar refractivity (Wildman–Crippen MR) is 292 cm³/mol. The molecule has 7 nitrogen and oxygen atoms in total. The SMILES string of the molecule is [C-]#[N+]c1ccc(-c2ccc3c(c2)c2ccccc2n3-c2ccc(-c3nc(-c4ccccc4)nc(-c4ccccc4)n3)cc2-c2ccccc2-n2c3ccccc3c3cc(-c4ccc(C#N)cc4)ccc32)cc1. The summed E-state index contributed by atoms with van der Waals surface area (Å²) in [6.45, 7) is 7.51. The van der Waals surface area contributed by atoms with Crippen molar-refractivity contribution >= 4 is 49.3 Å². The molecule has 72 heavy (non-hydrogen) atoms. The van der Waals surface area contributed by atoms with Crippen molar-refractivity contribution in [3.8, 4) is 85.0 Å². The lowest BCUT2D eigenvalue weighted by atomic mass is 9.97. The first-order valence-electron chi connectivity index (χ1n) is 23.8. The molecule has 0 bridgehead atoms. The Morgan fingerprint density at radius 3 is 1.32 bits per heavy atom. The second-order valence-corrected chi connectivity index (χ2v) is 17.8. The molecule has 3 heterocycles. The lowest BCUT2D eigenvalue weighted by Crippen LogP contribution is -2.03. The van der Waals surface area contributed by atoms with Crippen LogP contribution in [-0.2, 0) is 0 Å². The maximum atomic E-state index is 9.51. The second-order valence-electron chi connectivity index (χ2n) is 17.8. The van der Waals surface area contributed by atoms with Crippen molar-refractivity contribution in [2.75, 3.05) is 0 Å². The number of para-hydroxylation sites is 3. The summed E-state index contributed by atoms with van der Waals surface area (Å²) >= 11 is 0. The van der Waals surface area contributed by atoms with E-state index in [0.717, 1.165) is 105 Å². The molecule has 0 saturated carbocycles. The van der Waals surface area contributed by atoms with Gasteiger partial charge < -0.3 is 9.13 Å². The van der Waals surface area contributed by atoms with Crippen LogP contribution < -0.4 is 0 Å². The quantitative estimate of drug-likeness (QED) is 0.142. The topological polar surface area (TPSA) is 76.7 Å². The fraction of sp³-hybridized carbons (Fsp3) is 0. The van der Waals surface area contributed by atoms with Crippen molar-refractivity contribution in [2.24, 2.45) is 0 Å². The zero-order chi connectivity index (χ0) is 48.1. The summed E-state index contributed by atoms with van der Waals surface area (Å²) in [5, 5.41) is 14.0. The number of nitriles is 1. The van der Waals surface area contributed by atoms with E-state index >= 15 is 0 Å². The Bertz CT molecular complexity index is 4270. The van der Waals surface area contributed by atoms with Gasteiger partial charge in [0.2, 0.25) is 0 Å². The van der Waals surface area contributed by atoms with E-state index in [1.165, 1.54) is 0 Å². The van der Waals surface area contributed by atoms with E-state index in [1.807, 2.05) is 109 Å². The van der Waals surface area contributed by atoms with Gasteiger partial charge >= 0.3 is 0 Å². The van der Waals surface area contributed by atoms with Gasteiger partial charge in [-0.25, -0.2) is 19.8 Å². The highest BCUT2D eigenvalue weighted by Crippen LogP contribution is 2.43. The first-order valence-corrected chi connectivity index (χ1v) is 23.8. The highest BCUT2D eigenvalue weighted by Gasteiger charge is 2.23. The molecule has 7 heteroatoms. The van der Waals surface area contributed by atoms with Gasteiger partial charge in [-0.2, -0.15) is 5.26 Å². The van der Waals surface area contributed by atoms with Crippen LogP contribution in [0.4, 0.5) is 5.69 Å². The molecule has 0 saturated heterocycles. The van der Waals surface area contributed by atoms with Crippen LogP contribution in [-0.4, -0.2) is 24.1 Å². The summed E-state index contributed by atoms with van der Waals surface area (Å²) in [5.41, 5.74) is 16.5. The molecule has 0 N–H and O–H groups in total. The summed E-state index contributed by atoms with van der Waals surface area (Å²) < 4.78 is 4.78. The summed E-state index contributed by atoms with van der Waals surface area (Å²) in [7, 11) is 0. The monoisotopic (exact) mass is 917 g/mol. The Morgan fingerprint density at radius 1 is 0.347 bits per heavy atom. The number of aromatic nitrogens is 5. The predicted octanol–water partition coefficient (Wildman–Crippen LogP) is 16.5. The third-order valence-electron chi connectivity index (χ3n) is 13.7. The summed E-state index contributed by atoms with van der Waals surface area (Å²) in [5.74, 6) is 1.76. The molecular formula is C65H39N7. The first-order chi connectivity index (χ1) is 35.6. The lowest BCUT2D eigenvalue weighted by molar-refractivity contribution is 1.07. The minimum atomic E-state index is 0.566. The lowest BCUT2D eigenvalue weighted by Gasteiger charge is -2.20. The molecule has 0 aliphatic carbocycles. The second kappa shape index (κ2) is 17.4. The number of rotatable bonds is 8. The number of hydrogen-bond acceptors (Lipinski definition) is 4. The molecule has 0 atom stereocenters. The van der Waals surface area contributed by atoms with Gasteiger partial charge in [-0.15, -0.1) is 0 Å². The van der Waals surface area contributed by atoms with E-state index in [1.54, 1.807) is 0 Å². The van der Waals surface area contributed by atoms with E-state index in [0.29, 0.717) is 28.7 Å². The Kier molecular flexibility index (Phi) is 10.1. The van der Waals surface area contributed by atoms with Crippen molar-refractivity contribution in [3.05, 3.63) is 254 Å². The maximum absolute atomic E-state index is 9.51. The van der Waals surface area contributed by atoms with Crippen molar-refractivity contribution in [1.82, 2.24) is 24.1 Å². The van der Waals surface area contributed by atoms with E-state index in [4.69, 9.17) is 21.5 Å². The van der Waals surface area contributed by atoms with Crippen molar-refractivity contribution in [1.29, 1.82) is 5.26 Å². The number of fused-ring (bicyclic) bond motifs is 6. The Morgan fingerprint density at radius 2 is 0.778 bits per heavy atom. The minimum Gasteiger partial charge on any atom is -0.309 e. The third-order valence-corrected chi connectivity index (χ3v) is 13.7. The van der Waals surface area contributed by atoms with Crippen LogP contribution >= 0.6 is 0 Å². The molecule has 0 aliphatic rings. The smallest absolute Gasteiger partial charge is 0.187 e. The van der Waals surface area contributed by atoms with Crippen molar-refractivity contribution < 1.29 is 0 Å². The minimum absolute atomic E-state index is 0.566. The molecule has 13 aromatic rings. The van der Waals surface area contributed by atoms with Crippen LogP contribution in [0.2, 0.25) is 0 Å². The molecule has 10 aromatic carbocycles. The first kappa shape index (κ1) is 41.9. The van der Waals surface area contributed by atoms with Crippen LogP contribution in [0, 0.1) is 17.9 Å². The molecule has 0 unspecified atom stereocenters. The summed E-state index contributed by atoms with van der Waals surface area (Å²) in [6, 6.07) is 83.9. The van der Waals surface area contributed by atoms with Gasteiger partial charge in [-0.3, -0.25) is 0 Å². The van der Waals surface area contributed by atoms with Crippen LogP contribution in [0.25, 0.3) is 127 Å². The summed E-state index contributed by atoms with van der Waals surface area (Å²) in [6.07, 6.45) is 0. The standard InChI is InChI=1S/C65H39N7/c1-67-50-33-28-44(29-34-50)48-31-36-61-55(39-48)52-19-9-13-23-59(52)72(61)62-37-32-49(65-69-63(45-14-4-2-5-15-45)68-64(70-65)46-16-6-3-7-17-46)40-56(62)53-20-10-12-22-58(53)71-57-21-11-8-18-51(57)54-38-47(30-35-60(54)71)43-26-24-42(41-66)25-27-43/h2-40H. The average Bonchev–Trinajstić information content (AvgIpc) is 3.97. The van der Waals surface area contributed by atoms with Crippen molar-refractivity contribution in [3.63, 3.8) is 0 Å². The van der Waals surface area contributed by atoms with Gasteiger partial charge in [0.25, 0.3) is 0 Å². The van der Waals surface area contributed by atoms with Gasteiger partial charge in [0.1, 0.15) is 0 Å². The van der Waals surface area contributed by atoms with Crippen molar-refractivity contribution in [2.45, 2.75) is 0 Å². The molecule has 0 fully saturated rings. The summed E-state index contributed by atoms with van der Waals surface area (Å²) in [4.78, 5) is 19.1. The molecule has 3 aromatic heterocycles. The average molecular weight is 918 g/mol. The number of hydrogen-bond donors (Lipinski definition) is 0. The molecule has 0 amide bonds. The highest BCUT2D eigenvalue weighted by atomic mass is 15.0. The highest BCUT2D eigenvalue weighted by molar-refractivity contribution is 6.13. The van der Waals surface area contributed by atoms with Gasteiger partial charge in [-0.05, 0) is 95.1 Å². The van der Waals surface area contributed by atoms with E-state index in [2.05, 4.69) is 147 Å². The molecule has 334 valence electrons. The molecule has 0 radical (unpaired) electrons. The van der Waals surface area contributed by atoms with Crippen LogP contribution in [0.15, 0.2) is 237 Å². The largest absolute Gasteiger partial charge is 0.309 e. The molecule has 0 aliphatic heterocycles. The van der Waals surface area contributed by atoms with E-state index in [-0.39, 0.29) is 0 Å². The van der Waals surface area contributed by atoms with Gasteiger partial charge in [-0.1, -0.05) is 164 Å². The van der Waals surface area contributed by atoms with Crippen LogP contribution in [0.3, 0.4) is 0 Å². The Hall–Kier alpha value is -10.2. The molecule has 0 spiro atoms. The van der Waals surface area contributed by atoms with Crippen LogP contribution in [0.1, 0.15) is 5.56 Å². The Balaban J connectivity index is 1.07. The molecular weight excluding hydrogens is 879 g/mol. The number of benzene rings is 10. The Labute approximate surface area is 415 Å². The number of nitrogens with zero attached hydrogens (tertiary/aromatic N) is 7. The zero-order valence-electron chi connectivity index (χ0n) is 38.6. The third kappa shape index (κ3) is 7.17. The van der Waals surface area contributed by atoms with E-state index < -0.39 is 0 Å². The van der Waals surface area contributed by atoms with Crippen LogP contribution in [0.5, 0.6) is 0 Å². The van der Waals surface area contributed by atoms with Gasteiger partial charge in [0, 0.05) is 49.4 Å². The normalized spacial score (nSPS) is 11.3. The van der Waals surface area contributed by atoms with Gasteiger partial charge in [0.05, 0.1) is 51.6 Å². The fourth-order valence-corrected chi connectivity index (χ4v) is 10.2.